The van der Waals surface area contributed by atoms with E-state index in [4.69, 9.17) is 9.47 Å². The van der Waals surface area contributed by atoms with Crippen LogP contribution in [0.15, 0.2) is 12.1 Å². The number of benzene rings is 1. The number of hydrogen-bond donors (Lipinski definition) is 1. The Kier molecular flexibility index (Phi) is 4.42. The van der Waals surface area contributed by atoms with Crippen molar-refractivity contribution < 1.29 is 17.9 Å². The number of sulfonamides is 1. The largest absolute Gasteiger partial charge is 0.492 e. The second-order valence-electron chi connectivity index (χ2n) is 4.94. The Hall–Kier alpha value is -1.43. The molecule has 1 heterocycles. The molecule has 1 aliphatic heterocycles. The van der Waals surface area contributed by atoms with E-state index in [0.717, 1.165) is 17.7 Å². The highest BCUT2D eigenvalue weighted by Crippen LogP contribution is 2.38. The maximum atomic E-state index is 11.9. The zero-order valence-corrected chi connectivity index (χ0v) is 12.9. The van der Waals surface area contributed by atoms with Crippen LogP contribution in [0.5, 0.6) is 11.5 Å². The molecule has 1 aromatic rings. The van der Waals surface area contributed by atoms with Gasteiger partial charge in [0.25, 0.3) is 0 Å². The summed E-state index contributed by atoms with van der Waals surface area (Å²) in [6.07, 6.45) is 1.50. The zero-order valence-electron chi connectivity index (χ0n) is 12.1. The van der Waals surface area contributed by atoms with E-state index in [1.54, 1.807) is 6.07 Å². The number of ether oxygens (including phenoxy) is 2. The third-order valence-corrected chi connectivity index (χ3v) is 4.51. The molecule has 5 nitrogen and oxygen atoms in total. The van der Waals surface area contributed by atoms with Gasteiger partial charge in [0.15, 0.2) is 0 Å². The molecule has 1 unspecified atom stereocenters. The Morgan fingerprint density at radius 2 is 2.15 bits per heavy atom. The Balaban J connectivity index is 2.34. The molecule has 0 fully saturated rings. The lowest BCUT2D eigenvalue weighted by atomic mass is 10.1. The van der Waals surface area contributed by atoms with Gasteiger partial charge in [0.2, 0.25) is 10.0 Å². The fourth-order valence-electron chi connectivity index (χ4n) is 2.28. The third-order valence-electron chi connectivity index (χ3n) is 3.04. The van der Waals surface area contributed by atoms with Gasteiger partial charge in [-0.1, -0.05) is 6.92 Å². The van der Waals surface area contributed by atoms with E-state index >= 15 is 0 Å². The van der Waals surface area contributed by atoms with Gasteiger partial charge >= 0.3 is 0 Å². The van der Waals surface area contributed by atoms with E-state index in [-0.39, 0.29) is 11.9 Å². The molecular formula is C14H21NO4S. The minimum atomic E-state index is -3.34. The topological polar surface area (TPSA) is 64.6 Å². The van der Waals surface area contributed by atoms with Crippen molar-refractivity contribution in [3.05, 3.63) is 17.7 Å². The van der Waals surface area contributed by atoms with Crippen LogP contribution >= 0.6 is 0 Å². The summed E-state index contributed by atoms with van der Waals surface area (Å²) in [4.78, 5) is 0. The lowest BCUT2D eigenvalue weighted by Gasteiger charge is -2.14. The molecule has 112 valence electrons. The van der Waals surface area contributed by atoms with Crippen molar-refractivity contribution >= 4 is 15.7 Å². The first kappa shape index (κ1) is 15.0. The molecule has 0 saturated heterocycles. The van der Waals surface area contributed by atoms with Crippen molar-refractivity contribution in [3.63, 3.8) is 0 Å². The summed E-state index contributed by atoms with van der Waals surface area (Å²) in [5.41, 5.74) is 1.51. The van der Waals surface area contributed by atoms with Crippen molar-refractivity contribution in [1.29, 1.82) is 0 Å². The van der Waals surface area contributed by atoms with Crippen LogP contribution in [0.1, 0.15) is 32.8 Å². The van der Waals surface area contributed by atoms with Crippen LogP contribution in [0, 0.1) is 0 Å². The van der Waals surface area contributed by atoms with Crippen LogP contribution in [-0.2, 0) is 16.4 Å². The van der Waals surface area contributed by atoms with Gasteiger partial charge in [-0.3, -0.25) is 4.72 Å². The number of rotatable bonds is 6. The zero-order chi connectivity index (χ0) is 14.8. The number of fused-ring (bicyclic) bond motifs is 1. The van der Waals surface area contributed by atoms with E-state index in [9.17, 15) is 8.42 Å². The smallest absolute Gasteiger partial charge is 0.232 e. The second-order valence-corrected chi connectivity index (χ2v) is 6.78. The summed E-state index contributed by atoms with van der Waals surface area (Å²) < 4.78 is 37.6. The fraction of sp³-hybridized carbons (Fsp3) is 0.571. The fourth-order valence-corrected chi connectivity index (χ4v) is 3.42. The monoisotopic (exact) mass is 299 g/mol. The van der Waals surface area contributed by atoms with Crippen molar-refractivity contribution in [1.82, 2.24) is 0 Å². The minimum absolute atomic E-state index is 0.0902. The summed E-state index contributed by atoms with van der Waals surface area (Å²) in [6.45, 7) is 6.17. The molecule has 1 aliphatic rings. The van der Waals surface area contributed by atoms with Gasteiger partial charge in [-0.25, -0.2) is 8.42 Å². The van der Waals surface area contributed by atoms with Crippen LogP contribution in [0.2, 0.25) is 0 Å². The van der Waals surface area contributed by atoms with Gasteiger partial charge in [0.1, 0.15) is 17.6 Å². The summed E-state index contributed by atoms with van der Waals surface area (Å²) >= 11 is 0. The number of nitrogens with one attached hydrogen (secondary N) is 1. The molecule has 0 bridgehead atoms. The van der Waals surface area contributed by atoms with Crippen LogP contribution in [0.3, 0.4) is 0 Å². The van der Waals surface area contributed by atoms with Gasteiger partial charge < -0.3 is 9.47 Å². The highest BCUT2D eigenvalue weighted by Gasteiger charge is 2.23. The SMILES string of the molecule is CCCS(=O)(=O)Nc1cc2c(cc1OCC)CC(C)O2. The molecule has 20 heavy (non-hydrogen) atoms. The van der Waals surface area contributed by atoms with Crippen molar-refractivity contribution in [2.45, 2.75) is 39.7 Å². The molecule has 1 atom stereocenters. The molecule has 0 aliphatic carbocycles. The predicted molar refractivity (Wildman–Crippen MR) is 79.1 cm³/mol. The Morgan fingerprint density at radius 3 is 2.80 bits per heavy atom. The van der Waals surface area contributed by atoms with Gasteiger partial charge in [0, 0.05) is 18.1 Å². The van der Waals surface area contributed by atoms with Gasteiger partial charge in [-0.2, -0.15) is 0 Å². The average Bonchev–Trinajstić information content (AvgIpc) is 2.68. The molecule has 0 amide bonds. The van der Waals surface area contributed by atoms with E-state index in [2.05, 4.69) is 4.72 Å². The quantitative estimate of drug-likeness (QED) is 0.877. The van der Waals surface area contributed by atoms with Crippen LogP contribution < -0.4 is 14.2 Å². The highest BCUT2D eigenvalue weighted by atomic mass is 32.2. The molecule has 2 rings (SSSR count). The molecule has 0 radical (unpaired) electrons. The molecule has 6 heteroatoms. The number of hydrogen-bond acceptors (Lipinski definition) is 4. The molecule has 0 aromatic heterocycles. The van der Waals surface area contributed by atoms with E-state index in [1.165, 1.54) is 0 Å². The van der Waals surface area contributed by atoms with E-state index in [1.807, 2.05) is 26.8 Å². The molecule has 1 aromatic carbocycles. The van der Waals surface area contributed by atoms with Gasteiger partial charge in [0.05, 0.1) is 18.0 Å². The Bertz CT molecular complexity index is 583. The number of anilines is 1. The van der Waals surface area contributed by atoms with Crippen molar-refractivity contribution in [2.24, 2.45) is 0 Å². The van der Waals surface area contributed by atoms with E-state index in [0.29, 0.717) is 24.5 Å². The van der Waals surface area contributed by atoms with Crippen molar-refractivity contribution in [2.75, 3.05) is 17.1 Å². The summed E-state index contributed by atoms with van der Waals surface area (Å²) in [6, 6.07) is 3.59. The summed E-state index contributed by atoms with van der Waals surface area (Å²) in [5.74, 6) is 1.38. The first-order chi connectivity index (χ1) is 9.45. The first-order valence-electron chi connectivity index (χ1n) is 6.92. The van der Waals surface area contributed by atoms with Crippen molar-refractivity contribution in [3.8, 4) is 11.5 Å². The molecule has 0 spiro atoms. The summed E-state index contributed by atoms with van der Waals surface area (Å²) in [7, 11) is -3.34. The lowest BCUT2D eigenvalue weighted by molar-refractivity contribution is 0.254. The average molecular weight is 299 g/mol. The maximum Gasteiger partial charge on any atom is 0.232 e. The summed E-state index contributed by atoms with van der Waals surface area (Å²) in [5, 5.41) is 0. The standard InChI is InChI=1S/C14H21NO4S/c1-4-6-20(16,17)15-12-9-13-11(7-10(3)19-13)8-14(12)18-5-2/h8-10,15H,4-7H2,1-3H3. The normalized spacial score (nSPS) is 17.4. The molecular weight excluding hydrogens is 278 g/mol. The predicted octanol–water partition coefficient (Wildman–Crippen LogP) is 2.56. The molecule has 1 N–H and O–H groups in total. The minimum Gasteiger partial charge on any atom is -0.492 e. The lowest BCUT2D eigenvalue weighted by Crippen LogP contribution is -2.17. The van der Waals surface area contributed by atoms with E-state index < -0.39 is 10.0 Å². The maximum absolute atomic E-state index is 11.9. The molecule has 0 saturated carbocycles. The Labute approximate surface area is 120 Å². The second kappa shape index (κ2) is 5.91. The van der Waals surface area contributed by atoms with Crippen LogP contribution in [0.25, 0.3) is 0 Å². The highest BCUT2D eigenvalue weighted by molar-refractivity contribution is 7.92. The Morgan fingerprint density at radius 1 is 1.40 bits per heavy atom. The van der Waals surface area contributed by atoms with Gasteiger partial charge in [-0.15, -0.1) is 0 Å². The third kappa shape index (κ3) is 3.36. The van der Waals surface area contributed by atoms with Crippen LogP contribution in [0.4, 0.5) is 5.69 Å². The van der Waals surface area contributed by atoms with Gasteiger partial charge in [-0.05, 0) is 26.3 Å². The van der Waals surface area contributed by atoms with Crippen LogP contribution in [-0.4, -0.2) is 26.9 Å². The first-order valence-corrected chi connectivity index (χ1v) is 8.57.